The van der Waals surface area contributed by atoms with Crippen LogP contribution >= 0.6 is 0 Å². The molecule has 0 unspecified atom stereocenters. The quantitative estimate of drug-likeness (QED) is 0.852. The van der Waals surface area contributed by atoms with Gasteiger partial charge in [-0.1, -0.05) is 12.1 Å². The van der Waals surface area contributed by atoms with Gasteiger partial charge >= 0.3 is 0 Å². The van der Waals surface area contributed by atoms with E-state index in [4.69, 9.17) is 4.98 Å². The Kier molecular flexibility index (Phi) is 4.42. The minimum Gasteiger partial charge on any atom is -0.367 e. The van der Waals surface area contributed by atoms with Crippen LogP contribution in [0.1, 0.15) is 32.3 Å². The van der Waals surface area contributed by atoms with E-state index in [9.17, 15) is 8.42 Å². The molecule has 4 rings (SSSR count). The van der Waals surface area contributed by atoms with Crippen LogP contribution in [0.3, 0.4) is 0 Å². The summed E-state index contributed by atoms with van der Waals surface area (Å²) in [5.74, 6) is 0.882. The number of rotatable bonds is 5. The van der Waals surface area contributed by atoms with Gasteiger partial charge in [-0.15, -0.1) is 0 Å². The first kappa shape index (κ1) is 18.0. The summed E-state index contributed by atoms with van der Waals surface area (Å²) in [6.07, 6.45) is 4.16. The molecule has 2 aromatic rings. The number of aromatic nitrogens is 1. The van der Waals surface area contributed by atoms with Crippen molar-refractivity contribution < 1.29 is 8.42 Å². The molecule has 0 saturated heterocycles. The van der Waals surface area contributed by atoms with E-state index in [0.717, 1.165) is 34.9 Å². The van der Waals surface area contributed by atoms with Crippen LogP contribution in [0, 0.1) is 0 Å². The number of nitrogens with zero attached hydrogens (tertiary/aromatic N) is 3. The number of nitrogens with one attached hydrogen (secondary N) is 1. The smallest absolute Gasteiger partial charge is 0.180 e. The highest BCUT2D eigenvalue weighted by atomic mass is 32.2. The molecule has 1 fully saturated rings. The molecule has 1 aliphatic carbocycles. The van der Waals surface area contributed by atoms with E-state index in [0.29, 0.717) is 10.9 Å². The number of sulfone groups is 1. The molecule has 0 bridgehead atoms. The van der Waals surface area contributed by atoms with Gasteiger partial charge in [0.25, 0.3) is 0 Å². The minimum atomic E-state index is -3.27. The van der Waals surface area contributed by atoms with Gasteiger partial charge in [-0.3, -0.25) is 0 Å². The van der Waals surface area contributed by atoms with Gasteiger partial charge < -0.3 is 10.2 Å². The molecule has 1 aromatic carbocycles. The lowest BCUT2D eigenvalue weighted by molar-refractivity contribution is 0.509. The summed E-state index contributed by atoms with van der Waals surface area (Å²) < 4.78 is 24.7. The lowest BCUT2D eigenvalue weighted by Gasteiger charge is -2.23. The SMILES string of the molecule is CC(C)S(=O)(=O)c1ccc(-c2cc3c(c(NC4CC4)n2)CN(C)C=N3)cc1. The average Bonchev–Trinajstić information content (AvgIpc) is 3.46. The Balaban J connectivity index is 1.73. The molecule has 1 aromatic heterocycles. The zero-order chi connectivity index (χ0) is 19.2. The second-order valence-electron chi connectivity index (χ2n) is 7.55. The first-order chi connectivity index (χ1) is 12.8. The van der Waals surface area contributed by atoms with Crippen molar-refractivity contribution in [1.82, 2.24) is 9.88 Å². The Hall–Kier alpha value is -2.41. The minimum absolute atomic E-state index is 0.343. The number of anilines is 1. The van der Waals surface area contributed by atoms with Crippen molar-refractivity contribution in [1.29, 1.82) is 0 Å². The number of hydrogen-bond donors (Lipinski definition) is 1. The maximum absolute atomic E-state index is 12.3. The van der Waals surface area contributed by atoms with Crippen LogP contribution in [0.2, 0.25) is 0 Å². The third-order valence-corrected chi connectivity index (χ3v) is 7.09. The molecule has 0 radical (unpaired) electrons. The first-order valence-electron chi connectivity index (χ1n) is 9.24. The Morgan fingerprint density at radius 3 is 2.52 bits per heavy atom. The molecule has 2 aliphatic rings. The molecular weight excluding hydrogens is 360 g/mol. The van der Waals surface area contributed by atoms with Crippen LogP contribution in [0.15, 0.2) is 40.2 Å². The summed E-state index contributed by atoms with van der Waals surface area (Å²) in [6.45, 7) is 4.16. The molecule has 0 amide bonds. The molecular formula is C20H24N4O2S. The topological polar surface area (TPSA) is 74.7 Å². The highest BCUT2D eigenvalue weighted by molar-refractivity contribution is 7.92. The Morgan fingerprint density at radius 1 is 1.19 bits per heavy atom. The number of hydrogen-bond acceptors (Lipinski definition) is 6. The monoisotopic (exact) mass is 384 g/mol. The normalized spacial score (nSPS) is 16.5. The zero-order valence-corrected chi connectivity index (χ0v) is 16.6. The van der Waals surface area contributed by atoms with Gasteiger partial charge in [-0.25, -0.2) is 18.4 Å². The largest absolute Gasteiger partial charge is 0.367 e. The zero-order valence-electron chi connectivity index (χ0n) is 15.8. The van der Waals surface area contributed by atoms with Crippen molar-refractivity contribution in [2.75, 3.05) is 12.4 Å². The van der Waals surface area contributed by atoms with Gasteiger partial charge in [0.05, 0.1) is 27.9 Å². The van der Waals surface area contributed by atoms with E-state index in [-0.39, 0.29) is 0 Å². The van der Waals surface area contributed by atoms with Crippen LogP contribution in [-0.4, -0.2) is 43.0 Å². The van der Waals surface area contributed by atoms with Gasteiger partial charge in [0.2, 0.25) is 0 Å². The van der Waals surface area contributed by atoms with Gasteiger partial charge in [-0.05, 0) is 44.9 Å². The molecule has 142 valence electrons. The standard InChI is InChI=1S/C20H24N4O2S/c1-13(2)27(25,26)16-8-4-14(5-9-16)18-10-19-17(11-24(3)12-21-19)20(23-18)22-15-6-7-15/h4-5,8-10,12-13,15H,6-7,11H2,1-3H3,(H,22,23). The van der Waals surface area contributed by atoms with Crippen LogP contribution in [0.4, 0.5) is 11.5 Å². The predicted octanol–water partition coefficient (Wildman–Crippen LogP) is 3.61. The molecule has 0 atom stereocenters. The summed E-state index contributed by atoms with van der Waals surface area (Å²) in [5, 5.41) is 3.08. The fraction of sp³-hybridized carbons (Fsp3) is 0.400. The molecule has 1 aliphatic heterocycles. The van der Waals surface area contributed by atoms with E-state index < -0.39 is 15.1 Å². The Bertz CT molecular complexity index is 993. The molecule has 2 heterocycles. The van der Waals surface area contributed by atoms with Crippen molar-refractivity contribution in [3.63, 3.8) is 0 Å². The lowest BCUT2D eigenvalue weighted by Crippen LogP contribution is -2.21. The van der Waals surface area contributed by atoms with Crippen LogP contribution in [0.5, 0.6) is 0 Å². The summed E-state index contributed by atoms with van der Waals surface area (Å²) in [4.78, 5) is 11.8. The summed E-state index contributed by atoms with van der Waals surface area (Å²) in [5.41, 5.74) is 3.70. The number of pyridine rings is 1. The van der Waals surface area contributed by atoms with Crippen LogP contribution in [0.25, 0.3) is 11.3 Å². The van der Waals surface area contributed by atoms with Crippen LogP contribution < -0.4 is 5.32 Å². The maximum atomic E-state index is 12.3. The van der Waals surface area contributed by atoms with Gasteiger partial charge in [0, 0.05) is 30.8 Å². The van der Waals surface area contributed by atoms with Gasteiger partial charge in [0.1, 0.15) is 5.82 Å². The van der Waals surface area contributed by atoms with E-state index in [1.54, 1.807) is 26.0 Å². The fourth-order valence-electron chi connectivity index (χ4n) is 3.06. The number of aliphatic imine (C=N–C) groups is 1. The molecule has 6 nitrogen and oxygen atoms in total. The van der Waals surface area contributed by atoms with E-state index >= 15 is 0 Å². The molecule has 0 spiro atoms. The van der Waals surface area contributed by atoms with Crippen molar-refractivity contribution in [3.8, 4) is 11.3 Å². The average molecular weight is 385 g/mol. The lowest BCUT2D eigenvalue weighted by atomic mass is 10.1. The highest BCUT2D eigenvalue weighted by Gasteiger charge is 2.25. The molecule has 1 N–H and O–H groups in total. The van der Waals surface area contributed by atoms with Crippen molar-refractivity contribution in [3.05, 3.63) is 35.9 Å². The van der Waals surface area contributed by atoms with E-state index in [1.165, 1.54) is 12.8 Å². The van der Waals surface area contributed by atoms with E-state index in [2.05, 4.69) is 10.3 Å². The van der Waals surface area contributed by atoms with Crippen molar-refractivity contribution in [2.24, 2.45) is 4.99 Å². The van der Waals surface area contributed by atoms with Crippen molar-refractivity contribution >= 4 is 27.7 Å². The third kappa shape index (κ3) is 3.56. The molecule has 27 heavy (non-hydrogen) atoms. The predicted molar refractivity (Wildman–Crippen MR) is 108 cm³/mol. The summed E-state index contributed by atoms with van der Waals surface area (Å²) in [7, 11) is -1.28. The van der Waals surface area contributed by atoms with E-state index in [1.807, 2.05) is 36.5 Å². The molecule has 7 heteroatoms. The van der Waals surface area contributed by atoms with Crippen molar-refractivity contribution in [2.45, 2.75) is 49.4 Å². The molecule has 1 saturated carbocycles. The maximum Gasteiger partial charge on any atom is 0.180 e. The second-order valence-corrected chi connectivity index (χ2v) is 10.1. The number of fused-ring (bicyclic) bond motifs is 1. The fourth-order valence-corrected chi connectivity index (χ4v) is 4.12. The highest BCUT2D eigenvalue weighted by Crippen LogP contribution is 2.36. The first-order valence-corrected chi connectivity index (χ1v) is 10.8. The number of benzene rings is 1. The summed E-state index contributed by atoms with van der Waals surface area (Å²) >= 11 is 0. The Morgan fingerprint density at radius 2 is 1.89 bits per heavy atom. The second kappa shape index (κ2) is 6.64. The third-order valence-electron chi connectivity index (χ3n) is 4.92. The summed E-state index contributed by atoms with van der Waals surface area (Å²) in [6, 6.07) is 9.44. The van der Waals surface area contributed by atoms with Gasteiger partial charge in [0.15, 0.2) is 9.84 Å². The van der Waals surface area contributed by atoms with Crippen LogP contribution in [-0.2, 0) is 16.4 Å². The van der Waals surface area contributed by atoms with Gasteiger partial charge in [-0.2, -0.15) is 0 Å². The Labute approximate surface area is 160 Å².